The lowest BCUT2D eigenvalue weighted by molar-refractivity contribution is -0.264. The van der Waals surface area contributed by atoms with Gasteiger partial charge in [0.1, 0.15) is 17.0 Å². The molecular weight excluding hydrogens is 454 g/mol. The molecule has 196 valence electrons. The number of aliphatic imine (C=N–C) groups is 1. The predicted octanol–water partition coefficient (Wildman–Crippen LogP) is 4.37. The molecule has 0 aromatic heterocycles. The molecule has 0 radical (unpaired) electrons. The molecular formula is C25H39N3O7. The summed E-state index contributed by atoms with van der Waals surface area (Å²) in [4.78, 5) is 28.7. The van der Waals surface area contributed by atoms with Crippen molar-refractivity contribution in [3.8, 4) is 5.75 Å². The van der Waals surface area contributed by atoms with Gasteiger partial charge in [-0.2, -0.15) is 0 Å². The van der Waals surface area contributed by atoms with E-state index in [4.69, 9.17) is 23.7 Å². The molecule has 1 aliphatic rings. The number of amides is 2. The molecule has 1 heterocycles. The number of hydrogen-bond acceptors (Lipinski definition) is 8. The Morgan fingerprint density at radius 1 is 0.943 bits per heavy atom. The van der Waals surface area contributed by atoms with Crippen molar-refractivity contribution in [3.05, 3.63) is 29.8 Å². The number of nitrogens with one attached hydrogen (secondary N) is 2. The number of guanidine groups is 1. The van der Waals surface area contributed by atoms with Crippen molar-refractivity contribution in [2.45, 2.75) is 78.9 Å². The molecule has 10 heteroatoms. The SMILES string of the molecule is CC(C)(C)OC(=O)NC(=NCc1ccc(OCC2COC(C)(C)OC2)cc1)NC(=O)OC(C)(C)C. The Labute approximate surface area is 207 Å². The molecule has 35 heavy (non-hydrogen) atoms. The third kappa shape index (κ3) is 11.9. The second-order valence-corrected chi connectivity index (χ2v) is 10.8. The summed E-state index contributed by atoms with van der Waals surface area (Å²) < 4.78 is 27.7. The van der Waals surface area contributed by atoms with Crippen molar-refractivity contribution in [1.82, 2.24) is 10.6 Å². The Balaban J connectivity index is 1.96. The van der Waals surface area contributed by atoms with Crippen LogP contribution in [-0.2, 0) is 25.5 Å². The van der Waals surface area contributed by atoms with Gasteiger partial charge in [0.25, 0.3) is 0 Å². The Hall–Kier alpha value is -2.85. The molecule has 1 aromatic carbocycles. The fourth-order valence-electron chi connectivity index (χ4n) is 2.81. The monoisotopic (exact) mass is 493 g/mol. The van der Waals surface area contributed by atoms with Crippen LogP contribution in [0.1, 0.15) is 61.0 Å². The van der Waals surface area contributed by atoms with Gasteiger partial charge in [-0.3, -0.25) is 10.6 Å². The maximum Gasteiger partial charge on any atom is 0.414 e. The van der Waals surface area contributed by atoms with Crippen LogP contribution in [0.4, 0.5) is 9.59 Å². The van der Waals surface area contributed by atoms with E-state index in [1.165, 1.54) is 0 Å². The molecule has 1 fully saturated rings. The van der Waals surface area contributed by atoms with Gasteiger partial charge in [-0.25, -0.2) is 14.6 Å². The van der Waals surface area contributed by atoms with E-state index in [1.807, 2.05) is 38.1 Å². The molecule has 2 amide bonds. The number of carbonyl (C=O) groups is 2. The molecule has 0 spiro atoms. The lowest BCUT2D eigenvalue weighted by Gasteiger charge is -2.34. The summed E-state index contributed by atoms with van der Waals surface area (Å²) >= 11 is 0. The van der Waals surface area contributed by atoms with Gasteiger partial charge in [-0.15, -0.1) is 0 Å². The van der Waals surface area contributed by atoms with Gasteiger partial charge in [0.05, 0.1) is 26.4 Å². The minimum Gasteiger partial charge on any atom is -0.493 e. The van der Waals surface area contributed by atoms with Gasteiger partial charge >= 0.3 is 12.2 Å². The third-order valence-corrected chi connectivity index (χ3v) is 4.40. The molecule has 0 saturated carbocycles. The molecule has 0 atom stereocenters. The summed E-state index contributed by atoms with van der Waals surface area (Å²) in [5.74, 6) is 0.247. The quantitative estimate of drug-likeness (QED) is 0.462. The minimum atomic E-state index is -0.741. The largest absolute Gasteiger partial charge is 0.493 e. The first-order chi connectivity index (χ1) is 16.1. The first-order valence-corrected chi connectivity index (χ1v) is 11.6. The van der Waals surface area contributed by atoms with Crippen LogP contribution in [-0.4, -0.2) is 55.0 Å². The number of hydrogen-bond donors (Lipinski definition) is 2. The van der Waals surface area contributed by atoms with Crippen molar-refractivity contribution in [3.63, 3.8) is 0 Å². The van der Waals surface area contributed by atoms with E-state index in [-0.39, 0.29) is 18.4 Å². The second-order valence-electron chi connectivity index (χ2n) is 10.8. The van der Waals surface area contributed by atoms with Gasteiger partial charge in [-0.1, -0.05) is 12.1 Å². The van der Waals surface area contributed by atoms with Gasteiger partial charge in [0.2, 0.25) is 5.96 Å². The third-order valence-electron chi connectivity index (χ3n) is 4.40. The number of benzene rings is 1. The van der Waals surface area contributed by atoms with Crippen LogP contribution in [0, 0.1) is 5.92 Å². The number of alkyl carbamates (subject to hydrolysis) is 2. The van der Waals surface area contributed by atoms with Crippen molar-refractivity contribution in [2.24, 2.45) is 10.9 Å². The van der Waals surface area contributed by atoms with Gasteiger partial charge < -0.3 is 23.7 Å². The highest BCUT2D eigenvalue weighted by atomic mass is 16.7. The number of rotatable bonds is 5. The zero-order valence-electron chi connectivity index (χ0n) is 22.0. The summed E-state index contributed by atoms with van der Waals surface area (Å²) in [5, 5.41) is 4.93. The van der Waals surface area contributed by atoms with E-state index in [1.54, 1.807) is 41.5 Å². The molecule has 0 bridgehead atoms. The highest BCUT2D eigenvalue weighted by Crippen LogP contribution is 2.21. The zero-order chi connectivity index (χ0) is 26.3. The first-order valence-electron chi connectivity index (χ1n) is 11.6. The zero-order valence-corrected chi connectivity index (χ0v) is 22.0. The highest BCUT2D eigenvalue weighted by molar-refractivity contribution is 6.01. The Kier molecular flexibility index (Phi) is 9.51. The molecule has 2 N–H and O–H groups in total. The number of nitrogens with zero attached hydrogens (tertiary/aromatic N) is 1. The van der Waals surface area contributed by atoms with Crippen LogP contribution in [0.25, 0.3) is 0 Å². The molecule has 1 saturated heterocycles. The molecule has 0 aliphatic carbocycles. The summed E-state index contributed by atoms with van der Waals surface area (Å²) in [5.41, 5.74) is -0.565. The van der Waals surface area contributed by atoms with Crippen molar-refractivity contribution in [1.29, 1.82) is 0 Å². The Bertz CT molecular complexity index is 842. The lowest BCUT2D eigenvalue weighted by Crippen LogP contribution is -2.47. The fourth-order valence-corrected chi connectivity index (χ4v) is 2.81. The summed E-state index contributed by atoms with van der Waals surface area (Å²) in [7, 11) is 0. The van der Waals surface area contributed by atoms with E-state index in [0.29, 0.717) is 25.6 Å². The normalized spacial score (nSPS) is 16.1. The highest BCUT2D eigenvalue weighted by Gasteiger charge is 2.28. The Morgan fingerprint density at radius 3 is 1.89 bits per heavy atom. The van der Waals surface area contributed by atoms with Crippen LogP contribution < -0.4 is 15.4 Å². The maximum absolute atomic E-state index is 12.2. The summed E-state index contributed by atoms with van der Waals surface area (Å²) in [6.07, 6.45) is -1.48. The van der Waals surface area contributed by atoms with Crippen molar-refractivity contribution < 1.29 is 33.3 Å². The van der Waals surface area contributed by atoms with Crippen molar-refractivity contribution in [2.75, 3.05) is 19.8 Å². The van der Waals surface area contributed by atoms with E-state index in [9.17, 15) is 9.59 Å². The Morgan fingerprint density at radius 2 is 1.43 bits per heavy atom. The second kappa shape index (κ2) is 11.7. The van der Waals surface area contributed by atoms with Crippen LogP contribution in [0.15, 0.2) is 29.3 Å². The predicted molar refractivity (Wildman–Crippen MR) is 131 cm³/mol. The molecule has 0 unspecified atom stereocenters. The van der Waals surface area contributed by atoms with Gasteiger partial charge in [0.15, 0.2) is 5.79 Å². The van der Waals surface area contributed by atoms with Gasteiger partial charge in [-0.05, 0) is 73.1 Å². The van der Waals surface area contributed by atoms with E-state index in [0.717, 1.165) is 5.56 Å². The van der Waals surface area contributed by atoms with Crippen LogP contribution >= 0.6 is 0 Å². The van der Waals surface area contributed by atoms with Gasteiger partial charge in [0, 0.05) is 5.92 Å². The summed E-state index contributed by atoms with van der Waals surface area (Å²) in [6, 6.07) is 7.38. The van der Waals surface area contributed by atoms with E-state index < -0.39 is 29.2 Å². The maximum atomic E-state index is 12.2. The summed E-state index contributed by atoms with van der Waals surface area (Å²) in [6.45, 7) is 16.1. The average Bonchev–Trinajstić information content (AvgIpc) is 2.69. The van der Waals surface area contributed by atoms with Crippen molar-refractivity contribution >= 4 is 18.1 Å². The van der Waals surface area contributed by atoms with Crippen LogP contribution in [0.3, 0.4) is 0 Å². The minimum absolute atomic E-state index is 0.0750. The standard InChI is InChI=1S/C25H39N3O7/c1-23(2,3)34-21(29)27-20(28-22(30)35-24(4,5)6)26-13-17-9-11-19(12-10-17)31-14-18-15-32-25(7,8)33-16-18/h9-12,18H,13-16H2,1-8H3,(H2,26,27,28,29,30). The molecule has 10 nitrogen and oxygen atoms in total. The average molecular weight is 494 g/mol. The number of carbonyl (C=O) groups excluding carboxylic acids is 2. The first kappa shape index (κ1) is 28.4. The molecule has 1 aromatic rings. The van der Waals surface area contributed by atoms with Crippen LogP contribution in [0.5, 0.6) is 5.75 Å². The lowest BCUT2D eigenvalue weighted by atomic mass is 10.1. The fraction of sp³-hybridized carbons (Fsp3) is 0.640. The molecule has 1 aliphatic heterocycles. The number of ether oxygens (including phenoxy) is 5. The van der Waals surface area contributed by atoms with E-state index in [2.05, 4.69) is 15.6 Å². The smallest absolute Gasteiger partial charge is 0.414 e. The van der Waals surface area contributed by atoms with E-state index >= 15 is 0 Å². The van der Waals surface area contributed by atoms with Crippen LogP contribution in [0.2, 0.25) is 0 Å². The molecule has 2 rings (SSSR count). The topological polar surface area (TPSA) is 117 Å².